The fourth-order valence-corrected chi connectivity index (χ4v) is 3.37. The monoisotopic (exact) mass is 335 g/mol. The van der Waals surface area contributed by atoms with Crippen LogP contribution in [0.5, 0.6) is 0 Å². The van der Waals surface area contributed by atoms with Crippen LogP contribution in [0.3, 0.4) is 0 Å². The number of likely N-dealkylation sites (N-methyl/N-ethyl adjacent to an activating group) is 1. The highest BCUT2D eigenvalue weighted by atomic mass is 16.5. The molecule has 2 aliphatic heterocycles. The lowest BCUT2D eigenvalue weighted by Crippen LogP contribution is -2.42. The average Bonchev–Trinajstić information content (AvgIpc) is 2.78. The predicted molar refractivity (Wildman–Crippen MR) is 89.7 cm³/mol. The smallest absolute Gasteiger partial charge is 0.290 e. The zero-order chi connectivity index (χ0) is 17.5. The standard InChI is InChI=1S/C16H23N3O2.CH2O2/c1-18-6-13-8-19(15(9-18)11-21-10-13)7-12-2-4-14(5-3-12)16(17)20;2-1-3/h2-5,13,15H,6-11H2,1H3,(H2,17,20);1H,(H,2,3)/t13-,15-;/m0./s1. The molecule has 7 nitrogen and oxygen atoms in total. The van der Waals surface area contributed by atoms with Gasteiger partial charge in [0.2, 0.25) is 5.91 Å². The summed E-state index contributed by atoms with van der Waals surface area (Å²) < 4.78 is 5.80. The van der Waals surface area contributed by atoms with Crippen LogP contribution >= 0.6 is 0 Å². The highest BCUT2D eigenvalue weighted by molar-refractivity contribution is 5.92. The van der Waals surface area contributed by atoms with Crippen LogP contribution in [0, 0.1) is 5.92 Å². The summed E-state index contributed by atoms with van der Waals surface area (Å²) in [5, 5.41) is 6.89. The highest BCUT2D eigenvalue weighted by Gasteiger charge is 2.31. The van der Waals surface area contributed by atoms with Crippen molar-refractivity contribution in [3.8, 4) is 0 Å². The fourth-order valence-electron chi connectivity index (χ4n) is 3.37. The number of nitrogens with zero attached hydrogens (tertiary/aromatic N) is 2. The molecule has 0 aliphatic carbocycles. The van der Waals surface area contributed by atoms with Crippen LogP contribution in [-0.2, 0) is 16.1 Å². The third-order valence-electron chi connectivity index (χ3n) is 4.39. The van der Waals surface area contributed by atoms with Crippen LogP contribution in [-0.4, -0.2) is 73.2 Å². The van der Waals surface area contributed by atoms with Gasteiger partial charge in [-0.3, -0.25) is 14.5 Å². The van der Waals surface area contributed by atoms with E-state index >= 15 is 0 Å². The topological polar surface area (TPSA) is 96.1 Å². The van der Waals surface area contributed by atoms with E-state index in [4.69, 9.17) is 20.4 Å². The maximum Gasteiger partial charge on any atom is 0.290 e. The molecule has 2 atom stereocenters. The fraction of sp³-hybridized carbons (Fsp3) is 0.529. The quantitative estimate of drug-likeness (QED) is 0.769. The van der Waals surface area contributed by atoms with Crippen LogP contribution in [0.2, 0.25) is 0 Å². The van der Waals surface area contributed by atoms with Gasteiger partial charge in [-0.25, -0.2) is 0 Å². The Balaban J connectivity index is 0.000000647. The molecule has 7 heteroatoms. The molecule has 1 aromatic carbocycles. The van der Waals surface area contributed by atoms with Gasteiger partial charge in [0.05, 0.1) is 13.2 Å². The van der Waals surface area contributed by atoms with Crippen molar-refractivity contribution < 1.29 is 19.4 Å². The Hall–Kier alpha value is -1.96. The Labute approximate surface area is 142 Å². The van der Waals surface area contributed by atoms with E-state index in [1.807, 2.05) is 24.3 Å². The number of carbonyl (C=O) groups is 2. The first kappa shape index (κ1) is 18.4. The first-order chi connectivity index (χ1) is 11.5. The zero-order valence-corrected chi connectivity index (χ0v) is 13.9. The third-order valence-corrected chi connectivity index (χ3v) is 4.39. The summed E-state index contributed by atoms with van der Waals surface area (Å²) in [5.41, 5.74) is 7.07. The summed E-state index contributed by atoms with van der Waals surface area (Å²) in [6.45, 7) is 5.55. The molecule has 132 valence electrons. The molecule has 24 heavy (non-hydrogen) atoms. The van der Waals surface area contributed by atoms with Gasteiger partial charge in [0.15, 0.2) is 0 Å². The molecule has 0 saturated carbocycles. The Kier molecular flexibility index (Phi) is 6.72. The molecule has 3 rings (SSSR count). The lowest BCUT2D eigenvalue weighted by Gasteiger charge is -2.29. The van der Waals surface area contributed by atoms with Gasteiger partial charge in [0, 0.05) is 43.7 Å². The van der Waals surface area contributed by atoms with Gasteiger partial charge in [-0.1, -0.05) is 12.1 Å². The molecule has 3 N–H and O–H groups in total. The van der Waals surface area contributed by atoms with Gasteiger partial charge in [0.1, 0.15) is 0 Å². The number of hydrogen-bond acceptors (Lipinski definition) is 5. The minimum atomic E-state index is -0.373. The van der Waals surface area contributed by atoms with Crippen molar-refractivity contribution in [1.82, 2.24) is 9.80 Å². The van der Waals surface area contributed by atoms with Crippen molar-refractivity contribution in [1.29, 1.82) is 0 Å². The average molecular weight is 335 g/mol. The number of primary amides is 1. The third kappa shape index (κ3) is 5.02. The number of rotatable bonds is 3. The van der Waals surface area contributed by atoms with E-state index in [0.717, 1.165) is 39.4 Å². The van der Waals surface area contributed by atoms with E-state index in [0.29, 0.717) is 17.5 Å². The van der Waals surface area contributed by atoms with E-state index in [-0.39, 0.29) is 12.4 Å². The number of ether oxygens (including phenoxy) is 1. The largest absolute Gasteiger partial charge is 0.483 e. The number of carboxylic acid groups (broad SMARTS) is 1. The Bertz CT molecular complexity index is 549. The molecule has 1 aromatic rings. The summed E-state index contributed by atoms with van der Waals surface area (Å²) in [4.78, 5) is 24.4. The molecule has 2 saturated heterocycles. The number of carbonyl (C=O) groups excluding carboxylic acids is 1. The molecule has 2 bridgehead atoms. The molecule has 1 amide bonds. The zero-order valence-electron chi connectivity index (χ0n) is 13.9. The Morgan fingerprint density at radius 1 is 1.29 bits per heavy atom. The summed E-state index contributed by atoms with van der Waals surface area (Å²) in [6.07, 6.45) is 0. The second kappa shape index (κ2) is 8.77. The second-order valence-electron chi connectivity index (χ2n) is 6.37. The number of benzene rings is 1. The van der Waals surface area contributed by atoms with Gasteiger partial charge in [-0.15, -0.1) is 0 Å². The second-order valence-corrected chi connectivity index (χ2v) is 6.37. The lowest BCUT2D eigenvalue weighted by molar-refractivity contribution is -0.122. The Morgan fingerprint density at radius 3 is 2.58 bits per heavy atom. The van der Waals surface area contributed by atoms with Gasteiger partial charge in [-0.05, 0) is 24.7 Å². The van der Waals surface area contributed by atoms with Crippen LogP contribution in [0.4, 0.5) is 0 Å². The van der Waals surface area contributed by atoms with E-state index in [2.05, 4.69) is 16.8 Å². The number of nitrogens with two attached hydrogens (primary N) is 1. The summed E-state index contributed by atoms with van der Waals surface area (Å²) in [5.74, 6) is 0.203. The van der Waals surface area contributed by atoms with Gasteiger partial charge >= 0.3 is 0 Å². The molecule has 0 spiro atoms. The molecule has 0 radical (unpaired) electrons. The van der Waals surface area contributed by atoms with Crippen molar-refractivity contribution in [3.63, 3.8) is 0 Å². The van der Waals surface area contributed by atoms with Crippen LogP contribution in [0.1, 0.15) is 15.9 Å². The van der Waals surface area contributed by atoms with E-state index in [9.17, 15) is 4.79 Å². The molecule has 0 aromatic heterocycles. The Morgan fingerprint density at radius 2 is 1.96 bits per heavy atom. The number of fused-ring (bicyclic) bond motifs is 3. The van der Waals surface area contributed by atoms with E-state index in [1.165, 1.54) is 5.56 Å². The van der Waals surface area contributed by atoms with Gasteiger partial charge in [-0.2, -0.15) is 0 Å². The van der Waals surface area contributed by atoms with Gasteiger partial charge in [0.25, 0.3) is 6.47 Å². The molecule has 2 fully saturated rings. The molecular formula is C17H25N3O4. The molecule has 0 unspecified atom stereocenters. The van der Waals surface area contributed by atoms with Crippen molar-refractivity contribution in [3.05, 3.63) is 35.4 Å². The van der Waals surface area contributed by atoms with E-state index in [1.54, 1.807) is 0 Å². The number of hydrogen-bond donors (Lipinski definition) is 2. The summed E-state index contributed by atoms with van der Waals surface area (Å²) in [7, 11) is 2.19. The predicted octanol–water partition coefficient (Wildman–Crippen LogP) is 0.249. The van der Waals surface area contributed by atoms with Crippen molar-refractivity contribution >= 4 is 12.4 Å². The first-order valence-corrected chi connectivity index (χ1v) is 8.00. The van der Waals surface area contributed by atoms with Crippen LogP contribution < -0.4 is 5.73 Å². The lowest BCUT2D eigenvalue weighted by atomic mass is 10.1. The van der Waals surface area contributed by atoms with Crippen LogP contribution in [0.15, 0.2) is 24.3 Å². The summed E-state index contributed by atoms with van der Waals surface area (Å²) >= 11 is 0. The maximum absolute atomic E-state index is 11.1. The van der Waals surface area contributed by atoms with E-state index < -0.39 is 0 Å². The highest BCUT2D eigenvalue weighted by Crippen LogP contribution is 2.21. The molecule has 2 heterocycles. The van der Waals surface area contributed by atoms with Crippen molar-refractivity contribution in [2.24, 2.45) is 11.7 Å². The number of amides is 1. The summed E-state index contributed by atoms with van der Waals surface area (Å²) in [6, 6.07) is 8.06. The normalized spacial score (nSPS) is 24.4. The maximum atomic E-state index is 11.1. The van der Waals surface area contributed by atoms with Gasteiger partial charge < -0.3 is 20.5 Å². The van der Waals surface area contributed by atoms with Crippen molar-refractivity contribution in [2.75, 3.05) is 39.9 Å². The molecule has 2 aliphatic rings. The first-order valence-electron chi connectivity index (χ1n) is 8.00. The molecular weight excluding hydrogens is 310 g/mol. The minimum absolute atomic E-state index is 0.250. The van der Waals surface area contributed by atoms with Crippen LogP contribution in [0.25, 0.3) is 0 Å². The minimum Gasteiger partial charge on any atom is -0.483 e. The SMILES string of the molecule is CN1C[C@@H]2COC[C@H](C1)N(Cc1ccc(C(N)=O)cc1)C2.O=CO. The van der Waals surface area contributed by atoms with Crippen molar-refractivity contribution in [2.45, 2.75) is 12.6 Å².